The van der Waals surface area contributed by atoms with E-state index >= 15 is 0 Å². The van der Waals surface area contributed by atoms with Gasteiger partial charge in [0.05, 0.1) is 4.90 Å². The highest BCUT2D eigenvalue weighted by Gasteiger charge is 2.28. The van der Waals surface area contributed by atoms with Crippen molar-refractivity contribution in [1.29, 1.82) is 0 Å². The fourth-order valence-corrected chi connectivity index (χ4v) is 5.10. The number of nitrogens with zero attached hydrogens (tertiary/aromatic N) is 5. The summed E-state index contributed by atoms with van der Waals surface area (Å²) >= 11 is 0. The lowest BCUT2D eigenvalue weighted by Gasteiger charge is -2.30. The molecule has 2 aromatic heterocycles. The maximum absolute atomic E-state index is 12.9. The van der Waals surface area contributed by atoms with Gasteiger partial charge in [-0.15, -0.1) is 5.10 Å². The third-order valence-corrected chi connectivity index (χ3v) is 7.23. The molecule has 1 atom stereocenters. The predicted molar refractivity (Wildman–Crippen MR) is 113 cm³/mol. The van der Waals surface area contributed by atoms with E-state index in [0.29, 0.717) is 24.7 Å². The number of hydrogen-bond acceptors (Lipinski definition) is 7. The largest absolute Gasteiger partial charge is 0.401 e. The van der Waals surface area contributed by atoms with Gasteiger partial charge in [-0.1, -0.05) is 12.0 Å². The smallest absolute Gasteiger partial charge is 0.322 e. The van der Waals surface area contributed by atoms with E-state index in [1.165, 1.54) is 28.6 Å². The van der Waals surface area contributed by atoms with Gasteiger partial charge in [-0.3, -0.25) is 14.8 Å². The number of sulfonamides is 1. The van der Waals surface area contributed by atoms with Gasteiger partial charge < -0.3 is 4.42 Å². The normalized spacial score (nSPS) is 17.6. The number of carbonyl (C=O) groups excluding carboxylic acids is 1. The molecule has 1 saturated heterocycles. The Hall–Kier alpha value is -3.05. The molecule has 3 heterocycles. The van der Waals surface area contributed by atoms with Gasteiger partial charge in [0.2, 0.25) is 10.0 Å². The highest BCUT2D eigenvalue weighted by Crippen LogP contribution is 2.24. The van der Waals surface area contributed by atoms with Crippen molar-refractivity contribution in [1.82, 2.24) is 24.3 Å². The van der Waals surface area contributed by atoms with E-state index in [4.69, 9.17) is 4.42 Å². The highest BCUT2D eigenvalue weighted by atomic mass is 32.2. The quantitative estimate of drug-likeness (QED) is 0.641. The Morgan fingerprint density at radius 3 is 2.61 bits per heavy atom. The second kappa shape index (κ2) is 8.23. The molecule has 1 aliphatic heterocycles. The van der Waals surface area contributed by atoms with Crippen LogP contribution in [0.2, 0.25) is 0 Å². The molecule has 1 aliphatic rings. The van der Waals surface area contributed by atoms with E-state index in [1.54, 1.807) is 17.8 Å². The molecule has 0 aliphatic carbocycles. The number of anilines is 1. The molecular formula is C20H24N6O4S. The average molecular weight is 445 g/mol. The molecule has 11 heteroatoms. The van der Waals surface area contributed by atoms with Crippen LogP contribution in [0.4, 0.5) is 6.01 Å². The monoisotopic (exact) mass is 444 g/mol. The molecule has 4 rings (SSSR count). The molecule has 10 nitrogen and oxygen atoms in total. The summed E-state index contributed by atoms with van der Waals surface area (Å²) in [6.45, 7) is 4.97. The number of amides is 1. The Morgan fingerprint density at radius 2 is 1.97 bits per heavy atom. The van der Waals surface area contributed by atoms with Crippen molar-refractivity contribution in [2.24, 2.45) is 13.0 Å². The minimum absolute atomic E-state index is 0.0673. The van der Waals surface area contributed by atoms with Crippen LogP contribution < -0.4 is 5.32 Å². The first-order chi connectivity index (χ1) is 14.7. The number of hydrogen-bond donors (Lipinski definition) is 1. The maximum Gasteiger partial charge on any atom is 0.322 e. The Labute approximate surface area is 180 Å². The van der Waals surface area contributed by atoms with E-state index < -0.39 is 15.9 Å². The number of carbonyl (C=O) groups is 1. The summed E-state index contributed by atoms with van der Waals surface area (Å²) < 4.78 is 34.4. The molecule has 0 bridgehead atoms. The van der Waals surface area contributed by atoms with E-state index in [9.17, 15) is 13.2 Å². The van der Waals surface area contributed by atoms with Crippen LogP contribution in [0.25, 0.3) is 11.6 Å². The van der Waals surface area contributed by atoms with Gasteiger partial charge in [0.25, 0.3) is 11.8 Å². The van der Waals surface area contributed by atoms with Gasteiger partial charge in [0, 0.05) is 31.4 Å². The molecule has 0 radical (unpaired) electrons. The van der Waals surface area contributed by atoms with Crippen molar-refractivity contribution < 1.29 is 17.6 Å². The van der Waals surface area contributed by atoms with Crippen molar-refractivity contribution in [3.63, 3.8) is 0 Å². The van der Waals surface area contributed by atoms with E-state index in [-0.39, 0.29) is 22.4 Å². The van der Waals surface area contributed by atoms with Crippen LogP contribution in [0.15, 0.2) is 39.6 Å². The molecule has 0 spiro atoms. The third kappa shape index (κ3) is 4.37. The number of rotatable bonds is 5. The van der Waals surface area contributed by atoms with Crippen LogP contribution >= 0.6 is 0 Å². The van der Waals surface area contributed by atoms with Gasteiger partial charge >= 0.3 is 6.01 Å². The topological polar surface area (TPSA) is 123 Å². The molecular weight excluding hydrogens is 420 g/mol. The number of aryl methyl sites for hydroxylation is 2. The molecule has 0 saturated carbocycles. The van der Waals surface area contributed by atoms with Crippen LogP contribution in [-0.4, -0.2) is 51.7 Å². The summed E-state index contributed by atoms with van der Waals surface area (Å²) in [5, 5.41) is 14.5. The van der Waals surface area contributed by atoms with E-state index in [2.05, 4.69) is 20.6 Å². The molecule has 164 valence electrons. The van der Waals surface area contributed by atoms with Crippen molar-refractivity contribution in [3.8, 4) is 11.6 Å². The second-order valence-electron chi connectivity index (χ2n) is 7.80. The summed E-state index contributed by atoms with van der Waals surface area (Å²) in [5.74, 6) is 0.0435. The van der Waals surface area contributed by atoms with Crippen molar-refractivity contribution in [2.75, 3.05) is 18.4 Å². The van der Waals surface area contributed by atoms with E-state index in [0.717, 1.165) is 18.5 Å². The van der Waals surface area contributed by atoms with Crippen molar-refractivity contribution >= 4 is 21.9 Å². The zero-order valence-corrected chi connectivity index (χ0v) is 18.4. The second-order valence-corrected chi connectivity index (χ2v) is 9.73. The first kappa shape index (κ1) is 21.2. The first-order valence-corrected chi connectivity index (χ1v) is 11.4. The van der Waals surface area contributed by atoms with Gasteiger partial charge in [-0.05, 0) is 56.0 Å². The Balaban J connectivity index is 1.45. The summed E-state index contributed by atoms with van der Waals surface area (Å²) in [4.78, 5) is 12.7. The molecule has 1 fully saturated rings. The number of aromatic nitrogens is 4. The predicted octanol–water partition coefficient (Wildman–Crippen LogP) is 2.45. The third-order valence-electron chi connectivity index (χ3n) is 5.35. The minimum atomic E-state index is -3.57. The Kier molecular flexibility index (Phi) is 5.63. The molecule has 31 heavy (non-hydrogen) atoms. The molecule has 1 amide bonds. The Morgan fingerprint density at radius 1 is 1.23 bits per heavy atom. The van der Waals surface area contributed by atoms with Crippen LogP contribution in [0.3, 0.4) is 0 Å². The fourth-order valence-electron chi connectivity index (χ4n) is 3.50. The fraction of sp³-hybridized carbons (Fsp3) is 0.400. The van der Waals surface area contributed by atoms with Crippen LogP contribution in [0.5, 0.6) is 0 Å². The molecule has 1 aromatic carbocycles. The lowest BCUT2D eigenvalue weighted by atomic mass is 10.0. The summed E-state index contributed by atoms with van der Waals surface area (Å²) in [6, 6.07) is 7.55. The zero-order chi connectivity index (χ0) is 22.2. The van der Waals surface area contributed by atoms with Crippen LogP contribution in [0, 0.1) is 12.8 Å². The number of benzene rings is 1. The number of piperidine rings is 1. The first-order valence-electron chi connectivity index (χ1n) is 10.00. The number of nitrogens with one attached hydrogen (secondary N) is 1. The lowest BCUT2D eigenvalue weighted by molar-refractivity contribution is 0.102. The van der Waals surface area contributed by atoms with Gasteiger partial charge in [0.1, 0.15) is 5.69 Å². The highest BCUT2D eigenvalue weighted by molar-refractivity contribution is 7.89. The summed E-state index contributed by atoms with van der Waals surface area (Å²) in [7, 11) is -1.77. The average Bonchev–Trinajstić information content (AvgIpc) is 3.34. The van der Waals surface area contributed by atoms with Crippen molar-refractivity contribution in [2.45, 2.75) is 31.6 Å². The van der Waals surface area contributed by atoms with Crippen molar-refractivity contribution in [3.05, 3.63) is 41.6 Å². The maximum atomic E-state index is 12.9. The summed E-state index contributed by atoms with van der Waals surface area (Å²) in [6.07, 6.45) is 1.88. The molecule has 1 N–H and O–H groups in total. The van der Waals surface area contributed by atoms with Gasteiger partial charge in [0.15, 0.2) is 0 Å². The minimum Gasteiger partial charge on any atom is -0.401 e. The Bertz CT molecular complexity index is 1180. The van der Waals surface area contributed by atoms with Crippen LogP contribution in [-0.2, 0) is 17.1 Å². The van der Waals surface area contributed by atoms with Gasteiger partial charge in [-0.2, -0.15) is 9.40 Å². The summed E-state index contributed by atoms with van der Waals surface area (Å²) in [5.41, 5.74) is 1.71. The SMILES string of the molecule is Cc1cc(-c2nnc(NC(=O)c3ccc(S(=O)(=O)N4CCC[C@H](C)C4)cc3)o2)nn1C. The standard InChI is InChI=1S/C20H24N6O4S/c1-13-5-4-10-26(12-13)31(28,29)16-8-6-15(7-9-16)18(27)21-20-23-22-19(30-20)17-11-14(2)25(3)24-17/h6-9,11,13H,4-5,10,12H2,1-3H3,(H,21,23,27)/t13-/m0/s1. The molecule has 0 unspecified atom stereocenters. The lowest BCUT2D eigenvalue weighted by Crippen LogP contribution is -2.39. The van der Waals surface area contributed by atoms with Crippen LogP contribution in [0.1, 0.15) is 35.8 Å². The van der Waals surface area contributed by atoms with E-state index in [1.807, 2.05) is 13.8 Å². The molecule has 3 aromatic rings. The van der Waals surface area contributed by atoms with Gasteiger partial charge in [-0.25, -0.2) is 8.42 Å². The zero-order valence-electron chi connectivity index (χ0n) is 17.6.